The quantitative estimate of drug-likeness (QED) is 0.408. The van der Waals surface area contributed by atoms with E-state index in [2.05, 4.69) is 0 Å². The van der Waals surface area contributed by atoms with Crippen LogP contribution in [0.3, 0.4) is 0 Å². The van der Waals surface area contributed by atoms with Gasteiger partial charge in [-0.05, 0) is 0 Å². The minimum atomic E-state index is -6.13. The van der Waals surface area contributed by atoms with E-state index in [9.17, 15) is 31.3 Å². The van der Waals surface area contributed by atoms with Crippen molar-refractivity contribution in [1.82, 2.24) is 0 Å². The molecule has 68 valence electrons. The molecule has 0 unspecified atom stereocenters. The summed E-state index contributed by atoms with van der Waals surface area (Å²) >= 11 is 0. The van der Waals surface area contributed by atoms with Crippen LogP contribution in [0.5, 0.6) is 0 Å². The average molecular weight is 222 g/mol. The molecule has 0 aliphatic heterocycles. The number of hydrogen-bond acceptors (Lipinski definition) is 2. The van der Waals surface area contributed by atoms with Crippen molar-refractivity contribution in [2.24, 2.45) is 0 Å². The van der Waals surface area contributed by atoms with Crippen LogP contribution in [0, 0.1) is 0 Å². The Hall–Kier alpha value is 0.686. The fourth-order valence-electron chi connectivity index (χ4n) is 0.164. The third-order valence-corrected chi connectivity index (χ3v) is 0.682. The van der Waals surface area contributed by atoms with Crippen LogP contribution in [0.1, 0.15) is 1.43 Å². The van der Waals surface area contributed by atoms with Crippen LogP contribution in [-0.2, 0) is 9.74 Å². The summed E-state index contributed by atoms with van der Waals surface area (Å²) in [6.07, 6.45) is -6.13. The summed E-state index contributed by atoms with van der Waals surface area (Å²) in [6, 6.07) is 0. The summed E-state index contributed by atoms with van der Waals surface area (Å²) in [5, 5.41) is 0. The second-order valence-corrected chi connectivity index (χ2v) is 1.44. The Morgan fingerprint density at radius 2 is 1.50 bits per heavy atom. The van der Waals surface area contributed by atoms with Crippen molar-refractivity contribution in [2.75, 3.05) is 0 Å². The zero-order valence-electron chi connectivity index (χ0n) is 6.58. The van der Waals surface area contributed by atoms with Crippen molar-refractivity contribution in [3.63, 3.8) is 0 Å². The fraction of sp³-hybridized carbons (Fsp3) is 0.667. The van der Waals surface area contributed by atoms with Crippen LogP contribution in [0.25, 0.3) is 0 Å². The molecule has 2 nitrogen and oxygen atoms in total. The number of hydrogen-bond donors (Lipinski definition) is 0. The molecule has 0 amide bonds. The van der Waals surface area contributed by atoms with E-state index in [4.69, 9.17) is 0 Å². The Labute approximate surface area is 106 Å². The molecule has 12 heavy (non-hydrogen) atoms. The smallest absolute Gasteiger partial charge is 1.00 e. The van der Waals surface area contributed by atoms with Gasteiger partial charge in [0.15, 0.2) is 0 Å². The third-order valence-electron chi connectivity index (χ3n) is 0.682. The van der Waals surface area contributed by atoms with Crippen molar-refractivity contribution in [2.45, 2.75) is 12.1 Å². The molecule has 0 N–H and O–H groups in total. The Morgan fingerprint density at radius 3 is 1.58 bits per heavy atom. The summed E-state index contributed by atoms with van der Waals surface area (Å²) in [4.78, 5) is 11.1. The Balaban J connectivity index is -0.000000500. The molecule has 0 bridgehead atoms. The minimum Gasteiger partial charge on any atom is -1.00 e. The second kappa shape index (κ2) is 4.79. The van der Waals surface area contributed by atoms with Crippen LogP contribution < -0.4 is 51.4 Å². The van der Waals surface area contributed by atoms with Gasteiger partial charge in [-0.1, -0.05) is 0 Å². The van der Waals surface area contributed by atoms with E-state index >= 15 is 0 Å². The monoisotopic (exact) mass is 222 g/mol. The Bertz CT molecular complexity index is 170. The number of alkyl halides is 5. The normalized spacial score (nSPS) is 11.8. The number of halogens is 6. The second-order valence-electron chi connectivity index (χ2n) is 1.44. The molecule has 0 radical (unpaired) electrons. The number of carbonyl (C=O) groups is 1. The van der Waals surface area contributed by atoms with E-state index in [1.165, 1.54) is 0 Å². The maximum Gasteiger partial charge on any atom is 1.00 e. The molecule has 0 aliphatic rings. The van der Waals surface area contributed by atoms with Gasteiger partial charge >= 0.3 is 69.5 Å². The largest absolute Gasteiger partial charge is 1.00 e. The van der Waals surface area contributed by atoms with Crippen molar-refractivity contribution in [3.8, 4) is 0 Å². The molecule has 0 aromatic carbocycles. The van der Waals surface area contributed by atoms with Gasteiger partial charge in [-0.15, -0.1) is 0 Å². The first kappa shape index (κ1) is 15.2. The van der Waals surface area contributed by atoms with E-state index in [-0.39, 0.29) is 52.8 Å². The van der Waals surface area contributed by atoms with Crippen LogP contribution in [0.4, 0.5) is 26.5 Å². The topological polar surface area (TPSA) is 26.3 Å². The molecule has 0 heterocycles. The van der Waals surface area contributed by atoms with Crippen molar-refractivity contribution >= 4 is 5.97 Å². The molecule has 0 spiro atoms. The van der Waals surface area contributed by atoms with Gasteiger partial charge in [-0.25, -0.2) is 9.74 Å². The molecule has 0 saturated heterocycles. The van der Waals surface area contributed by atoms with Gasteiger partial charge < -0.3 is 1.43 Å². The van der Waals surface area contributed by atoms with E-state index < -0.39 is 18.1 Å². The molecule has 0 saturated carbocycles. The van der Waals surface area contributed by atoms with Crippen LogP contribution in [-0.4, -0.2) is 18.1 Å². The van der Waals surface area contributed by atoms with Gasteiger partial charge in [-0.3, -0.25) is 0 Å². The predicted molar refractivity (Wildman–Crippen MR) is 19.3 cm³/mol. The molecule has 0 rings (SSSR count). The van der Waals surface area contributed by atoms with Crippen LogP contribution >= 0.6 is 0 Å². The standard InChI is InChI=1S/C3F6O2.K.H/c4-2(5,1(10)11-9)3(6,7)8;;/q;+1;-1. The van der Waals surface area contributed by atoms with Gasteiger partial charge in [0.05, 0.1) is 0 Å². The molecule has 0 fully saturated rings. The molecule has 0 aliphatic carbocycles. The van der Waals surface area contributed by atoms with E-state index in [1.807, 2.05) is 0 Å². The number of carbonyl (C=O) groups excluding carboxylic acids is 1. The zero-order chi connectivity index (χ0) is 9.28. The minimum absolute atomic E-state index is 0. The van der Waals surface area contributed by atoms with Crippen molar-refractivity contribution < 1.29 is 89.0 Å². The van der Waals surface area contributed by atoms with E-state index in [0.29, 0.717) is 0 Å². The molecular weight excluding hydrogens is 221 g/mol. The van der Waals surface area contributed by atoms with Gasteiger partial charge in [0, 0.05) is 4.53 Å². The van der Waals surface area contributed by atoms with Gasteiger partial charge in [0.1, 0.15) is 0 Å². The van der Waals surface area contributed by atoms with Crippen LogP contribution in [0.2, 0.25) is 0 Å². The first-order chi connectivity index (χ1) is 4.73. The summed E-state index contributed by atoms with van der Waals surface area (Å²) in [7, 11) is 0. The number of rotatable bonds is 1. The average Bonchev–Trinajstić information content (AvgIpc) is 1.83. The summed E-state index contributed by atoms with van der Waals surface area (Å²) < 4.78 is 66.7. The van der Waals surface area contributed by atoms with Crippen molar-refractivity contribution in [3.05, 3.63) is 0 Å². The summed E-state index contributed by atoms with van der Waals surface area (Å²) in [5.41, 5.74) is 0. The molecule has 0 atom stereocenters. The zero-order valence-corrected chi connectivity index (χ0v) is 8.71. The van der Waals surface area contributed by atoms with Gasteiger partial charge in [0.25, 0.3) is 0 Å². The summed E-state index contributed by atoms with van der Waals surface area (Å²) in [6.45, 7) is 0. The predicted octanol–water partition coefficient (Wildman–Crippen LogP) is -1.27. The maximum atomic E-state index is 11.5. The van der Waals surface area contributed by atoms with Crippen molar-refractivity contribution in [1.29, 1.82) is 0 Å². The van der Waals surface area contributed by atoms with Gasteiger partial charge in [-0.2, -0.15) is 22.0 Å². The molecular formula is C3HF6KO2. The first-order valence-electron chi connectivity index (χ1n) is 2.01. The molecule has 0 aromatic rings. The Kier molecular flexibility index (Phi) is 6.06. The van der Waals surface area contributed by atoms with E-state index in [0.717, 1.165) is 0 Å². The molecule has 0 aromatic heterocycles. The maximum absolute atomic E-state index is 11.5. The fourth-order valence-corrected chi connectivity index (χ4v) is 0.164. The third kappa shape index (κ3) is 3.21. The summed E-state index contributed by atoms with van der Waals surface area (Å²) in [5.74, 6) is -9.06. The van der Waals surface area contributed by atoms with E-state index in [1.54, 1.807) is 4.94 Å². The Morgan fingerprint density at radius 1 is 1.17 bits per heavy atom. The van der Waals surface area contributed by atoms with Gasteiger partial charge in [0.2, 0.25) is 0 Å². The van der Waals surface area contributed by atoms with Crippen LogP contribution in [0.15, 0.2) is 0 Å². The SMILES string of the molecule is O=C(OF)C(F)(F)C(F)(F)F.[H-].[K+]. The molecule has 9 heteroatoms. The first-order valence-corrected chi connectivity index (χ1v) is 2.01.